The van der Waals surface area contributed by atoms with E-state index in [0.29, 0.717) is 17.8 Å². The zero-order valence-electron chi connectivity index (χ0n) is 18.1. The third kappa shape index (κ3) is 6.70. The zero-order chi connectivity index (χ0) is 23.1. The SMILES string of the molecule is CCc1cccc(CNCC(O)C(Cc2cc(F)cc(F)c2)NC(=O)c2cc(C)no2)c1. The van der Waals surface area contributed by atoms with Gasteiger partial charge < -0.3 is 20.3 Å². The molecular formula is C24H27F2N3O3. The highest BCUT2D eigenvalue weighted by atomic mass is 19.1. The van der Waals surface area contributed by atoms with Crippen LogP contribution in [-0.2, 0) is 19.4 Å². The topological polar surface area (TPSA) is 87.4 Å². The van der Waals surface area contributed by atoms with E-state index in [0.717, 1.165) is 18.1 Å². The lowest BCUT2D eigenvalue weighted by atomic mass is 10.00. The van der Waals surface area contributed by atoms with Gasteiger partial charge in [0.05, 0.1) is 17.8 Å². The summed E-state index contributed by atoms with van der Waals surface area (Å²) < 4.78 is 32.2. The van der Waals surface area contributed by atoms with Crippen molar-refractivity contribution in [2.24, 2.45) is 0 Å². The van der Waals surface area contributed by atoms with Crippen molar-refractivity contribution in [1.29, 1.82) is 0 Å². The molecule has 0 fully saturated rings. The van der Waals surface area contributed by atoms with Crippen molar-refractivity contribution >= 4 is 5.91 Å². The number of hydrogen-bond donors (Lipinski definition) is 3. The molecular weight excluding hydrogens is 416 g/mol. The molecule has 0 aliphatic carbocycles. The van der Waals surface area contributed by atoms with E-state index in [4.69, 9.17) is 4.52 Å². The number of carbonyl (C=O) groups excluding carboxylic acids is 1. The van der Waals surface area contributed by atoms with Crippen molar-refractivity contribution in [2.45, 2.75) is 45.4 Å². The molecule has 170 valence electrons. The molecule has 0 aliphatic rings. The number of benzene rings is 2. The number of aliphatic hydroxyl groups excluding tert-OH is 1. The number of nitrogens with one attached hydrogen (secondary N) is 2. The van der Waals surface area contributed by atoms with Crippen molar-refractivity contribution in [3.8, 4) is 0 Å². The third-order valence-corrected chi connectivity index (χ3v) is 5.09. The predicted octanol–water partition coefficient (Wildman–Crippen LogP) is 3.32. The van der Waals surface area contributed by atoms with Crippen LogP contribution >= 0.6 is 0 Å². The van der Waals surface area contributed by atoms with Gasteiger partial charge >= 0.3 is 0 Å². The van der Waals surface area contributed by atoms with Crippen molar-refractivity contribution < 1.29 is 23.2 Å². The van der Waals surface area contributed by atoms with Crippen molar-refractivity contribution in [3.05, 3.63) is 88.3 Å². The molecule has 0 radical (unpaired) electrons. The van der Waals surface area contributed by atoms with Crippen molar-refractivity contribution in [3.63, 3.8) is 0 Å². The molecule has 0 aliphatic heterocycles. The Hall–Kier alpha value is -3.10. The van der Waals surface area contributed by atoms with Gasteiger partial charge in [-0.1, -0.05) is 36.3 Å². The van der Waals surface area contributed by atoms with Gasteiger partial charge in [0.25, 0.3) is 5.91 Å². The quantitative estimate of drug-likeness (QED) is 0.448. The Balaban J connectivity index is 1.68. The van der Waals surface area contributed by atoms with Crippen LogP contribution in [0.15, 0.2) is 53.1 Å². The largest absolute Gasteiger partial charge is 0.390 e. The average Bonchev–Trinajstić information content (AvgIpc) is 3.19. The number of aryl methyl sites for hydroxylation is 2. The maximum absolute atomic E-state index is 13.6. The van der Waals surface area contributed by atoms with E-state index in [1.165, 1.54) is 23.8 Å². The summed E-state index contributed by atoms with van der Waals surface area (Å²) in [7, 11) is 0. The number of aliphatic hydroxyl groups is 1. The number of nitrogens with zero attached hydrogens (tertiary/aromatic N) is 1. The number of halogens is 2. The van der Waals surface area contributed by atoms with Crippen LogP contribution in [0.25, 0.3) is 0 Å². The Morgan fingerprint density at radius 2 is 1.81 bits per heavy atom. The number of rotatable bonds is 10. The second kappa shape index (κ2) is 11.0. The summed E-state index contributed by atoms with van der Waals surface area (Å²) in [5.74, 6) is -2.02. The van der Waals surface area contributed by atoms with Gasteiger partial charge in [-0.2, -0.15) is 0 Å². The lowest BCUT2D eigenvalue weighted by molar-refractivity contribution is 0.0796. The first-order chi connectivity index (χ1) is 15.3. The maximum Gasteiger partial charge on any atom is 0.290 e. The summed E-state index contributed by atoms with van der Waals surface area (Å²) in [6, 6.07) is 11.9. The first-order valence-electron chi connectivity index (χ1n) is 10.5. The molecule has 2 atom stereocenters. The van der Waals surface area contributed by atoms with Gasteiger partial charge in [-0.05, 0) is 48.6 Å². The fourth-order valence-corrected chi connectivity index (χ4v) is 3.44. The molecule has 32 heavy (non-hydrogen) atoms. The van der Waals surface area contributed by atoms with Gasteiger partial charge in [0, 0.05) is 25.2 Å². The van der Waals surface area contributed by atoms with Crippen LogP contribution in [0.1, 0.15) is 39.9 Å². The number of amides is 1. The summed E-state index contributed by atoms with van der Waals surface area (Å²) in [5, 5.41) is 20.3. The van der Waals surface area contributed by atoms with Crippen molar-refractivity contribution in [1.82, 2.24) is 15.8 Å². The van der Waals surface area contributed by atoms with Crippen LogP contribution in [-0.4, -0.2) is 34.9 Å². The van der Waals surface area contributed by atoms with Gasteiger partial charge in [-0.25, -0.2) is 8.78 Å². The summed E-state index contributed by atoms with van der Waals surface area (Å²) in [6.45, 7) is 4.45. The molecule has 0 saturated heterocycles. The monoisotopic (exact) mass is 443 g/mol. The molecule has 3 rings (SSSR count). The van der Waals surface area contributed by atoms with Gasteiger partial charge in [-0.3, -0.25) is 4.79 Å². The minimum absolute atomic E-state index is 0.00513. The van der Waals surface area contributed by atoms with Crippen LogP contribution in [0.5, 0.6) is 0 Å². The Labute approximate surface area is 185 Å². The number of carbonyl (C=O) groups is 1. The lowest BCUT2D eigenvalue weighted by Gasteiger charge is -2.24. The van der Waals surface area contributed by atoms with Crippen molar-refractivity contribution in [2.75, 3.05) is 6.54 Å². The Kier molecular flexibility index (Phi) is 8.08. The fourth-order valence-electron chi connectivity index (χ4n) is 3.44. The van der Waals surface area contributed by atoms with Gasteiger partial charge in [-0.15, -0.1) is 0 Å². The molecule has 2 unspecified atom stereocenters. The Bertz CT molecular complexity index is 1030. The highest BCUT2D eigenvalue weighted by Crippen LogP contribution is 2.13. The normalized spacial score (nSPS) is 13.0. The summed E-state index contributed by atoms with van der Waals surface area (Å²) in [4.78, 5) is 12.5. The van der Waals surface area contributed by atoms with E-state index >= 15 is 0 Å². The first kappa shape index (κ1) is 23.6. The summed E-state index contributed by atoms with van der Waals surface area (Å²) in [5.41, 5.74) is 3.14. The van der Waals surface area contributed by atoms with Crippen LogP contribution in [0.4, 0.5) is 8.78 Å². The predicted molar refractivity (Wildman–Crippen MR) is 116 cm³/mol. The fraction of sp³-hybridized carbons (Fsp3) is 0.333. The molecule has 6 nitrogen and oxygen atoms in total. The Morgan fingerprint density at radius 3 is 2.47 bits per heavy atom. The van der Waals surface area contributed by atoms with E-state index in [2.05, 4.69) is 28.8 Å². The first-order valence-corrected chi connectivity index (χ1v) is 10.5. The zero-order valence-corrected chi connectivity index (χ0v) is 18.1. The maximum atomic E-state index is 13.6. The average molecular weight is 443 g/mol. The van der Waals surface area contributed by atoms with Crippen LogP contribution in [0, 0.1) is 18.6 Å². The van der Waals surface area contributed by atoms with E-state index in [9.17, 15) is 18.7 Å². The molecule has 1 amide bonds. The minimum Gasteiger partial charge on any atom is -0.390 e. The molecule has 3 N–H and O–H groups in total. The molecule has 0 spiro atoms. The minimum atomic E-state index is -1.02. The second-order valence-corrected chi connectivity index (χ2v) is 7.77. The van der Waals surface area contributed by atoms with Gasteiger partial charge in [0.1, 0.15) is 11.6 Å². The smallest absolute Gasteiger partial charge is 0.290 e. The molecule has 2 aromatic carbocycles. The van der Waals surface area contributed by atoms with Gasteiger partial charge in [0.15, 0.2) is 0 Å². The van der Waals surface area contributed by atoms with Gasteiger partial charge in [0.2, 0.25) is 5.76 Å². The molecule has 1 heterocycles. The van der Waals surface area contributed by atoms with E-state index < -0.39 is 29.7 Å². The molecule has 3 aromatic rings. The van der Waals surface area contributed by atoms with Crippen LogP contribution < -0.4 is 10.6 Å². The molecule has 0 bridgehead atoms. The summed E-state index contributed by atoms with van der Waals surface area (Å²) >= 11 is 0. The lowest BCUT2D eigenvalue weighted by Crippen LogP contribution is -2.48. The standard InChI is InChI=1S/C24H27F2N3O3/c1-3-16-5-4-6-17(8-16)13-27-14-22(30)21(11-18-9-19(25)12-20(26)10-18)28-24(31)23-7-15(2)29-32-23/h4-10,12,21-22,27,30H,3,11,13-14H2,1-2H3,(H,28,31). The molecule has 8 heteroatoms. The van der Waals surface area contributed by atoms with E-state index in [1.54, 1.807) is 6.92 Å². The van der Waals surface area contributed by atoms with E-state index in [1.807, 2.05) is 18.2 Å². The third-order valence-electron chi connectivity index (χ3n) is 5.09. The Morgan fingerprint density at radius 1 is 1.09 bits per heavy atom. The molecule has 1 aromatic heterocycles. The number of hydrogen-bond acceptors (Lipinski definition) is 5. The highest BCUT2D eigenvalue weighted by Gasteiger charge is 2.24. The highest BCUT2D eigenvalue weighted by molar-refractivity contribution is 5.91. The second-order valence-electron chi connectivity index (χ2n) is 7.77. The van der Waals surface area contributed by atoms with E-state index in [-0.39, 0.29) is 18.7 Å². The van der Waals surface area contributed by atoms with Crippen LogP contribution in [0.2, 0.25) is 0 Å². The molecule has 0 saturated carbocycles. The number of aromatic nitrogens is 1. The van der Waals surface area contributed by atoms with Crippen LogP contribution in [0.3, 0.4) is 0 Å². The summed E-state index contributed by atoms with van der Waals surface area (Å²) in [6.07, 6.45) is -0.0685.